The smallest absolute Gasteiger partial charge is 0.162 e. The van der Waals surface area contributed by atoms with Crippen molar-refractivity contribution in [1.82, 2.24) is 14.6 Å². The maximum absolute atomic E-state index is 5.59. The summed E-state index contributed by atoms with van der Waals surface area (Å²) in [5.41, 5.74) is 2.71. The highest BCUT2D eigenvalue weighted by molar-refractivity contribution is 5.64. The highest BCUT2D eigenvalue weighted by Crippen LogP contribution is 2.33. The minimum Gasteiger partial charge on any atom is -0.486 e. The van der Waals surface area contributed by atoms with E-state index in [0.29, 0.717) is 13.2 Å². The fourth-order valence-electron chi connectivity index (χ4n) is 2.17. The maximum Gasteiger partial charge on any atom is 0.162 e. The van der Waals surface area contributed by atoms with Crippen LogP contribution in [0.4, 0.5) is 0 Å². The van der Waals surface area contributed by atoms with Crippen LogP contribution >= 0.6 is 0 Å². The normalized spacial score (nSPS) is 13.7. The van der Waals surface area contributed by atoms with E-state index in [4.69, 9.17) is 9.47 Å². The van der Waals surface area contributed by atoms with Gasteiger partial charge in [-0.05, 0) is 30.3 Å². The molecule has 0 saturated heterocycles. The minimum absolute atomic E-state index is 0.588. The third-order valence-electron chi connectivity index (χ3n) is 3.09. The van der Waals surface area contributed by atoms with Gasteiger partial charge in [0, 0.05) is 18.0 Å². The van der Waals surface area contributed by atoms with E-state index in [1.165, 1.54) is 0 Å². The van der Waals surface area contributed by atoms with Crippen LogP contribution in [0.25, 0.3) is 16.9 Å². The Kier molecular flexibility index (Phi) is 2.17. The van der Waals surface area contributed by atoms with Crippen LogP contribution in [0.1, 0.15) is 0 Å². The van der Waals surface area contributed by atoms with Crippen molar-refractivity contribution in [1.29, 1.82) is 0 Å². The summed E-state index contributed by atoms with van der Waals surface area (Å²) in [6, 6.07) is 9.76. The van der Waals surface area contributed by atoms with E-state index in [2.05, 4.69) is 10.1 Å². The lowest BCUT2D eigenvalue weighted by Crippen LogP contribution is -2.15. The van der Waals surface area contributed by atoms with Gasteiger partial charge in [0.2, 0.25) is 0 Å². The molecule has 0 radical (unpaired) electrons. The Labute approximate surface area is 109 Å². The molecule has 0 fully saturated rings. The summed E-state index contributed by atoms with van der Waals surface area (Å²) < 4.78 is 12.9. The van der Waals surface area contributed by atoms with Crippen molar-refractivity contribution in [3.8, 4) is 22.8 Å². The molecule has 1 aromatic carbocycles. The molecule has 5 nitrogen and oxygen atoms in total. The Morgan fingerprint density at radius 1 is 1.00 bits per heavy atom. The summed E-state index contributed by atoms with van der Waals surface area (Å²) in [6.07, 6.45) is 3.56. The molecule has 1 aliphatic rings. The van der Waals surface area contributed by atoms with Crippen LogP contribution in [0.2, 0.25) is 0 Å². The monoisotopic (exact) mass is 253 g/mol. The van der Waals surface area contributed by atoms with Crippen molar-refractivity contribution in [3.63, 3.8) is 0 Å². The van der Waals surface area contributed by atoms with E-state index < -0.39 is 0 Å². The fourth-order valence-corrected chi connectivity index (χ4v) is 2.17. The van der Waals surface area contributed by atoms with Gasteiger partial charge in [0.15, 0.2) is 17.1 Å². The molecule has 0 atom stereocenters. The first-order valence-corrected chi connectivity index (χ1v) is 6.10. The highest BCUT2D eigenvalue weighted by atomic mass is 16.6. The number of fused-ring (bicyclic) bond motifs is 2. The van der Waals surface area contributed by atoms with Crippen LogP contribution in [0.15, 0.2) is 42.7 Å². The molecule has 0 saturated carbocycles. The molecule has 0 spiro atoms. The first-order chi connectivity index (χ1) is 9.40. The number of benzene rings is 1. The van der Waals surface area contributed by atoms with Gasteiger partial charge in [-0.3, -0.25) is 0 Å². The molecule has 0 unspecified atom stereocenters. The zero-order valence-corrected chi connectivity index (χ0v) is 10.1. The van der Waals surface area contributed by atoms with Crippen molar-refractivity contribution in [2.45, 2.75) is 0 Å². The number of hydrogen-bond acceptors (Lipinski definition) is 4. The van der Waals surface area contributed by atoms with Gasteiger partial charge < -0.3 is 9.47 Å². The second kappa shape index (κ2) is 3.98. The topological polar surface area (TPSA) is 48.7 Å². The van der Waals surface area contributed by atoms with E-state index in [0.717, 1.165) is 28.4 Å². The molecular weight excluding hydrogens is 242 g/mol. The van der Waals surface area contributed by atoms with Gasteiger partial charge in [-0.2, -0.15) is 5.10 Å². The molecule has 1 aliphatic heterocycles. The van der Waals surface area contributed by atoms with Crippen LogP contribution in [-0.2, 0) is 0 Å². The summed E-state index contributed by atoms with van der Waals surface area (Å²) in [7, 11) is 0. The predicted octanol–water partition coefficient (Wildman–Crippen LogP) is 2.17. The summed E-state index contributed by atoms with van der Waals surface area (Å²) in [6.45, 7) is 1.19. The van der Waals surface area contributed by atoms with Gasteiger partial charge in [-0.1, -0.05) is 0 Å². The Bertz CT molecular complexity index is 751. The summed E-state index contributed by atoms with van der Waals surface area (Å²) in [4.78, 5) is 4.18. The summed E-state index contributed by atoms with van der Waals surface area (Å²) in [5.74, 6) is 1.56. The second-order valence-corrected chi connectivity index (χ2v) is 4.31. The van der Waals surface area contributed by atoms with Crippen LogP contribution in [0, 0.1) is 0 Å². The standard InChI is InChI=1S/C14H11N3O2/c1-3-12-13(19-8-7-18-12)9-10(1)11-2-4-14-15-5-6-17(14)16-11/h1-6,9H,7-8H2. The number of imidazole rings is 1. The Balaban J connectivity index is 1.82. The van der Waals surface area contributed by atoms with Gasteiger partial charge in [0.25, 0.3) is 0 Å². The van der Waals surface area contributed by atoms with Crippen molar-refractivity contribution in [2.24, 2.45) is 0 Å². The zero-order chi connectivity index (χ0) is 12.7. The molecule has 5 heteroatoms. The Morgan fingerprint density at radius 2 is 1.89 bits per heavy atom. The molecule has 0 N–H and O–H groups in total. The first kappa shape index (κ1) is 10.4. The summed E-state index contributed by atoms with van der Waals surface area (Å²) in [5, 5.41) is 4.51. The van der Waals surface area contributed by atoms with E-state index >= 15 is 0 Å². The summed E-state index contributed by atoms with van der Waals surface area (Å²) >= 11 is 0. The van der Waals surface area contributed by atoms with Gasteiger partial charge in [-0.25, -0.2) is 9.50 Å². The van der Waals surface area contributed by atoms with Gasteiger partial charge in [0.05, 0.1) is 5.69 Å². The third-order valence-corrected chi connectivity index (χ3v) is 3.09. The average molecular weight is 253 g/mol. The Hall–Kier alpha value is -2.56. The van der Waals surface area contributed by atoms with E-state index in [1.54, 1.807) is 10.7 Å². The van der Waals surface area contributed by atoms with E-state index in [-0.39, 0.29) is 0 Å². The van der Waals surface area contributed by atoms with Crippen molar-refractivity contribution < 1.29 is 9.47 Å². The molecule has 3 heterocycles. The Morgan fingerprint density at radius 3 is 2.84 bits per heavy atom. The number of nitrogens with zero attached hydrogens (tertiary/aromatic N) is 3. The SMILES string of the molecule is c1cn2nc(-c3ccc4c(c3)OCCO4)ccc2n1. The minimum atomic E-state index is 0.588. The van der Waals surface area contributed by atoms with Crippen LogP contribution in [-0.4, -0.2) is 27.8 Å². The van der Waals surface area contributed by atoms with Crippen LogP contribution in [0.5, 0.6) is 11.5 Å². The van der Waals surface area contributed by atoms with Gasteiger partial charge in [-0.15, -0.1) is 0 Å². The molecule has 0 aliphatic carbocycles. The number of hydrogen-bond donors (Lipinski definition) is 0. The molecule has 0 bridgehead atoms. The molecule has 19 heavy (non-hydrogen) atoms. The lowest BCUT2D eigenvalue weighted by Gasteiger charge is -2.18. The predicted molar refractivity (Wildman–Crippen MR) is 69.4 cm³/mol. The highest BCUT2D eigenvalue weighted by Gasteiger charge is 2.13. The quantitative estimate of drug-likeness (QED) is 0.667. The lowest BCUT2D eigenvalue weighted by atomic mass is 10.1. The van der Waals surface area contributed by atoms with Gasteiger partial charge in [0.1, 0.15) is 13.2 Å². The van der Waals surface area contributed by atoms with Crippen molar-refractivity contribution in [2.75, 3.05) is 13.2 Å². The molecule has 3 aromatic rings. The van der Waals surface area contributed by atoms with Crippen molar-refractivity contribution >= 4 is 5.65 Å². The van der Waals surface area contributed by atoms with Gasteiger partial charge >= 0.3 is 0 Å². The molecule has 0 amide bonds. The van der Waals surface area contributed by atoms with Crippen LogP contribution < -0.4 is 9.47 Å². The maximum atomic E-state index is 5.59. The number of rotatable bonds is 1. The van der Waals surface area contributed by atoms with Crippen LogP contribution in [0.3, 0.4) is 0 Å². The fraction of sp³-hybridized carbons (Fsp3) is 0.143. The van der Waals surface area contributed by atoms with Crippen molar-refractivity contribution in [3.05, 3.63) is 42.7 Å². The van der Waals surface area contributed by atoms with E-state index in [1.807, 2.05) is 36.5 Å². The zero-order valence-electron chi connectivity index (χ0n) is 10.1. The second-order valence-electron chi connectivity index (χ2n) is 4.31. The average Bonchev–Trinajstić information content (AvgIpc) is 2.94. The van der Waals surface area contributed by atoms with E-state index in [9.17, 15) is 0 Å². The molecular formula is C14H11N3O2. The molecule has 4 rings (SSSR count). The number of ether oxygens (including phenoxy) is 2. The largest absolute Gasteiger partial charge is 0.486 e. The number of aromatic nitrogens is 3. The first-order valence-electron chi connectivity index (χ1n) is 6.10. The lowest BCUT2D eigenvalue weighted by molar-refractivity contribution is 0.171. The molecule has 94 valence electrons. The molecule has 2 aromatic heterocycles. The third kappa shape index (κ3) is 1.71.